The summed E-state index contributed by atoms with van der Waals surface area (Å²) in [5, 5.41) is 8.04. The summed E-state index contributed by atoms with van der Waals surface area (Å²) in [6.45, 7) is 9.16. The molecule has 0 saturated carbocycles. The lowest BCUT2D eigenvalue weighted by molar-refractivity contribution is 0.0636. The predicted molar refractivity (Wildman–Crippen MR) is 83.6 cm³/mol. The molecule has 0 atom stereocenters. The van der Waals surface area contributed by atoms with Gasteiger partial charge in [0.15, 0.2) is 0 Å². The molecule has 6 heteroatoms. The lowest BCUT2D eigenvalue weighted by Crippen LogP contribution is -2.34. The summed E-state index contributed by atoms with van der Waals surface area (Å²) in [4.78, 5) is 23.1. The van der Waals surface area contributed by atoms with Gasteiger partial charge in [0.25, 0.3) is 0 Å². The van der Waals surface area contributed by atoms with Crippen molar-refractivity contribution in [2.45, 2.75) is 46.3 Å². The number of hydrogen-bond donors (Lipinski definition) is 3. The monoisotopic (exact) mass is 293 g/mol. The summed E-state index contributed by atoms with van der Waals surface area (Å²) in [7, 11) is 0. The maximum absolute atomic E-state index is 11.6. The van der Waals surface area contributed by atoms with Gasteiger partial charge >= 0.3 is 12.1 Å². The highest BCUT2D eigenvalue weighted by Gasteiger charge is 2.16. The molecule has 0 radical (unpaired) electrons. The standard InChI is InChI=1S/C15H23N3O3/c1-10(2)16-13(19)17-11-6-8-12(9-7-11)18-14(20)21-15(3,4)5/h6-10H,1-5H3,(H,18,20)(H2,16,17,19). The van der Waals surface area contributed by atoms with E-state index in [1.54, 1.807) is 45.0 Å². The minimum Gasteiger partial charge on any atom is -0.444 e. The summed E-state index contributed by atoms with van der Waals surface area (Å²) < 4.78 is 5.15. The van der Waals surface area contributed by atoms with Crippen LogP contribution in [0.5, 0.6) is 0 Å². The number of rotatable bonds is 3. The lowest BCUT2D eigenvalue weighted by atomic mass is 10.2. The van der Waals surface area contributed by atoms with Gasteiger partial charge in [-0.25, -0.2) is 9.59 Å². The van der Waals surface area contributed by atoms with E-state index in [1.165, 1.54) is 0 Å². The Kier molecular flexibility index (Phi) is 5.58. The van der Waals surface area contributed by atoms with Crippen LogP contribution in [0.15, 0.2) is 24.3 Å². The lowest BCUT2D eigenvalue weighted by Gasteiger charge is -2.19. The highest BCUT2D eigenvalue weighted by molar-refractivity contribution is 5.90. The Morgan fingerprint density at radius 1 is 1.00 bits per heavy atom. The third-order valence-corrected chi connectivity index (χ3v) is 2.21. The van der Waals surface area contributed by atoms with Crippen molar-refractivity contribution in [3.63, 3.8) is 0 Å². The van der Waals surface area contributed by atoms with Crippen LogP contribution in [0.25, 0.3) is 0 Å². The zero-order valence-corrected chi connectivity index (χ0v) is 13.1. The van der Waals surface area contributed by atoms with Crippen LogP contribution in [0.3, 0.4) is 0 Å². The van der Waals surface area contributed by atoms with Gasteiger partial charge in [-0.15, -0.1) is 0 Å². The number of nitrogens with one attached hydrogen (secondary N) is 3. The normalized spacial score (nSPS) is 11.0. The fraction of sp³-hybridized carbons (Fsp3) is 0.467. The van der Waals surface area contributed by atoms with E-state index in [1.807, 2.05) is 13.8 Å². The Morgan fingerprint density at radius 3 is 1.90 bits per heavy atom. The summed E-state index contributed by atoms with van der Waals surface area (Å²) in [5.74, 6) is 0. The molecule has 6 nitrogen and oxygen atoms in total. The average Bonchev–Trinajstić information content (AvgIpc) is 2.27. The maximum Gasteiger partial charge on any atom is 0.412 e. The molecule has 0 saturated heterocycles. The minimum absolute atomic E-state index is 0.0677. The minimum atomic E-state index is -0.541. The molecule has 21 heavy (non-hydrogen) atoms. The number of carbonyl (C=O) groups is 2. The fourth-order valence-corrected chi connectivity index (χ4v) is 1.49. The topological polar surface area (TPSA) is 79.5 Å². The van der Waals surface area contributed by atoms with E-state index in [-0.39, 0.29) is 12.1 Å². The number of amides is 3. The van der Waals surface area contributed by atoms with Crippen LogP contribution in [0.4, 0.5) is 21.0 Å². The van der Waals surface area contributed by atoms with Crippen LogP contribution in [0.1, 0.15) is 34.6 Å². The number of urea groups is 1. The van der Waals surface area contributed by atoms with Crippen LogP contribution < -0.4 is 16.0 Å². The summed E-state index contributed by atoms with van der Waals surface area (Å²) in [6, 6.07) is 6.58. The molecule has 0 aromatic heterocycles. The van der Waals surface area contributed by atoms with E-state index >= 15 is 0 Å². The molecule has 3 N–H and O–H groups in total. The SMILES string of the molecule is CC(C)NC(=O)Nc1ccc(NC(=O)OC(C)(C)C)cc1. The van der Waals surface area contributed by atoms with Gasteiger partial charge < -0.3 is 15.4 Å². The molecule has 116 valence electrons. The highest BCUT2D eigenvalue weighted by atomic mass is 16.6. The first-order valence-corrected chi connectivity index (χ1v) is 6.83. The van der Waals surface area contributed by atoms with Gasteiger partial charge in [-0.05, 0) is 58.9 Å². The summed E-state index contributed by atoms with van der Waals surface area (Å²) >= 11 is 0. The molecule has 0 fully saturated rings. The molecule has 0 aliphatic heterocycles. The van der Waals surface area contributed by atoms with Gasteiger partial charge in [0.05, 0.1) is 0 Å². The van der Waals surface area contributed by atoms with Crippen LogP contribution in [-0.4, -0.2) is 23.8 Å². The van der Waals surface area contributed by atoms with Crippen LogP contribution in [-0.2, 0) is 4.74 Å². The number of hydrogen-bond acceptors (Lipinski definition) is 3. The maximum atomic E-state index is 11.6. The smallest absolute Gasteiger partial charge is 0.412 e. The van der Waals surface area contributed by atoms with E-state index in [2.05, 4.69) is 16.0 Å². The van der Waals surface area contributed by atoms with Crippen LogP contribution in [0.2, 0.25) is 0 Å². The molecule has 0 aliphatic carbocycles. The zero-order chi connectivity index (χ0) is 16.0. The van der Waals surface area contributed by atoms with Crippen molar-refractivity contribution in [3.8, 4) is 0 Å². The Labute approximate surface area is 125 Å². The van der Waals surface area contributed by atoms with Crippen molar-refractivity contribution in [3.05, 3.63) is 24.3 Å². The first-order valence-electron chi connectivity index (χ1n) is 6.83. The van der Waals surface area contributed by atoms with Gasteiger partial charge in [0.1, 0.15) is 5.60 Å². The molecule has 1 rings (SSSR count). The third kappa shape index (κ3) is 7.20. The largest absolute Gasteiger partial charge is 0.444 e. The number of benzene rings is 1. The molecule has 0 unspecified atom stereocenters. The summed E-state index contributed by atoms with van der Waals surface area (Å²) in [5.41, 5.74) is 0.697. The van der Waals surface area contributed by atoms with E-state index in [0.717, 1.165) is 0 Å². The Morgan fingerprint density at radius 2 is 1.48 bits per heavy atom. The quantitative estimate of drug-likeness (QED) is 0.797. The molecular formula is C15H23N3O3. The van der Waals surface area contributed by atoms with Crippen molar-refractivity contribution in [1.82, 2.24) is 5.32 Å². The Balaban J connectivity index is 2.54. The van der Waals surface area contributed by atoms with E-state index < -0.39 is 11.7 Å². The molecule has 1 aromatic carbocycles. The van der Waals surface area contributed by atoms with Crippen molar-refractivity contribution in [2.24, 2.45) is 0 Å². The number of anilines is 2. The van der Waals surface area contributed by atoms with Crippen LogP contribution in [0, 0.1) is 0 Å². The van der Waals surface area contributed by atoms with Gasteiger partial charge in [0, 0.05) is 17.4 Å². The Bertz CT molecular complexity index is 490. The molecule has 0 heterocycles. The van der Waals surface area contributed by atoms with E-state index in [4.69, 9.17) is 4.74 Å². The van der Waals surface area contributed by atoms with Crippen molar-refractivity contribution >= 4 is 23.5 Å². The second-order valence-electron chi connectivity index (χ2n) is 5.96. The van der Waals surface area contributed by atoms with E-state index in [0.29, 0.717) is 11.4 Å². The number of ether oxygens (including phenoxy) is 1. The van der Waals surface area contributed by atoms with Gasteiger partial charge in [0.2, 0.25) is 0 Å². The second-order valence-corrected chi connectivity index (χ2v) is 5.96. The molecular weight excluding hydrogens is 270 g/mol. The van der Waals surface area contributed by atoms with Gasteiger partial charge in [-0.1, -0.05) is 0 Å². The molecule has 0 spiro atoms. The van der Waals surface area contributed by atoms with Gasteiger partial charge in [-0.3, -0.25) is 5.32 Å². The highest BCUT2D eigenvalue weighted by Crippen LogP contribution is 2.15. The molecule has 1 aromatic rings. The van der Waals surface area contributed by atoms with E-state index in [9.17, 15) is 9.59 Å². The number of carbonyl (C=O) groups excluding carboxylic acids is 2. The fourth-order valence-electron chi connectivity index (χ4n) is 1.49. The molecule has 0 aliphatic rings. The second kappa shape index (κ2) is 6.97. The zero-order valence-electron chi connectivity index (χ0n) is 13.1. The average molecular weight is 293 g/mol. The Hall–Kier alpha value is -2.24. The first-order chi connectivity index (χ1) is 9.65. The predicted octanol–water partition coefficient (Wildman–Crippen LogP) is 3.56. The summed E-state index contributed by atoms with van der Waals surface area (Å²) in [6.07, 6.45) is -0.513. The van der Waals surface area contributed by atoms with Crippen LogP contribution >= 0.6 is 0 Å². The molecule has 3 amide bonds. The van der Waals surface area contributed by atoms with Crippen molar-refractivity contribution < 1.29 is 14.3 Å². The van der Waals surface area contributed by atoms with Gasteiger partial charge in [-0.2, -0.15) is 0 Å². The third-order valence-electron chi connectivity index (χ3n) is 2.21. The van der Waals surface area contributed by atoms with Crippen molar-refractivity contribution in [2.75, 3.05) is 10.6 Å². The molecule has 0 bridgehead atoms. The van der Waals surface area contributed by atoms with Crippen molar-refractivity contribution in [1.29, 1.82) is 0 Å². The first kappa shape index (κ1) is 16.8.